The molecule has 0 aliphatic heterocycles. The van der Waals surface area contributed by atoms with Crippen LogP contribution in [0.15, 0.2) is 24.3 Å². The van der Waals surface area contributed by atoms with Crippen molar-refractivity contribution in [1.29, 1.82) is 0 Å². The third kappa shape index (κ3) is 4.23. The summed E-state index contributed by atoms with van der Waals surface area (Å²) in [5.41, 5.74) is 0.951. The van der Waals surface area contributed by atoms with Crippen molar-refractivity contribution in [2.45, 2.75) is 51.6 Å². The summed E-state index contributed by atoms with van der Waals surface area (Å²) in [6.07, 6.45) is 4.00. The molecule has 1 aliphatic carbocycles. The summed E-state index contributed by atoms with van der Waals surface area (Å²) in [5, 5.41) is 7.71. The van der Waals surface area contributed by atoms with Crippen LogP contribution in [0, 0.1) is 5.92 Å². The lowest BCUT2D eigenvalue weighted by molar-refractivity contribution is -0.124. The van der Waals surface area contributed by atoms with Gasteiger partial charge in [0, 0.05) is 37.5 Å². The highest BCUT2D eigenvalue weighted by molar-refractivity contribution is 5.90. The van der Waals surface area contributed by atoms with Gasteiger partial charge in [-0.2, -0.15) is 4.98 Å². The molecule has 0 unspecified atom stereocenters. The van der Waals surface area contributed by atoms with Crippen molar-refractivity contribution in [3.05, 3.63) is 24.3 Å². The summed E-state index contributed by atoms with van der Waals surface area (Å²) in [6, 6.07) is 8.72. The number of amides is 1. The number of aromatic nitrogens is 2. The molecule has 1 heterocycles. The maximum absolute atomic E-state index is 11.9. The first-order valence-corrected chi connectivity index (χ1v) is 9.45. The summed E-state index contributed by atoms with van der Waals surface area (Å²) in [6.45, 7) is 3.86. The first-order valence-electron chi connectivity index (χ1n) is 9.45. The summed E-state index contributed by atoms with van der Waals surface area (Å²) < 4.78 is 0. The third-order valence-electron chi connectivity index (χ3n) is 4.94. The van der Waals surface area contributed by atoms with Crippen molar-refractivity contribution >= 4 is 28.6 Å². The van der Waals surface area contributed by atoms with Gasteiger partial charge in [-0.15, -0.1) is 0 Å². The van der Waals surface area contributed by atoms with Crippen molar-refractivity contribution in [1.82, 2.24) is 15.3 Å². The van der Waals surface area contributed by atoms with Gasteiger partial charge in [0.2, 0.25) is 11.9 Å². The Balaban J connectivity index is 1.66. The number of para-hydroxylation sites is 1. The summed E-state index contributed by atoms with van der Waals surface area (Å²) in [5.74, 6) is 1.80. The number of benzene rings is 1. The van der Waals surface area contributed by atoms with E-state index in [1.807, 2.05) is 51.0 Å². The van der Waals surface area contributed by atoms with E-state index in [9.17, 15) is 4.79 Å². The van der Waals surface area contributed by atoms with Crippen molar-refractivity contribution in [3.8, 4) is 0 Å². The monoisotopic (exact) mass is 355 g/mol. The van der Waals surface area contributed by atoms with Gasteiger partial charge in [-0.05, 0) is 37.8 Å². The predicted molar refractivity (Wildman–Crippen MR) is 107 cm³/mol. The van der Waals surface area contributed by atoms with Crippen LogP contribution in [0.2, 0.25) is 0 Å². The standard InChI is InChI=1S/C20H29N5O/c1-13(2)19(26)21-14-9-11-15(12-10-14)22-20-23-17-8-6-5-7-16(17)18(24-20)25(3)4/h5-8,13-15H,9-12H2,1-4H3,(H,21,26)(H,22,23,24). The fourth-order valence-electron chi connectivity index (χ4n) is 3.40. The van der Waals surface area contributed by atoms with Gasteiger partial charge >= 0.3 is 0 Å². The zero-order chi connectivity index (χ0) is 18.7. The molecular formula is C20H29N5O. The molecule has 2 aromatic rings. The molecule has 2 N–H and O–H groups in total. The van der Waals surface area contributed by atoms with Crippen LogP contribution in [0.25, 0.3) is 10.9 Å². The van der Waals surface area contributed by atoms with Crippen LogP contribution in [0.5, 0.6) is 0 Å². The van der Waals surface area contributed by atoms with Crippen molar-refractivity contribution < 1.29 is 4.79 Å². The average Bonchev–Trinajstić information content (AvgIpc) is 2.62. The molecule has 0 bridgehead atoms. The SMILES string of the molecule is CC(C)C(=O)NC1CCC(Nc2nc(N(C)C)c3ccccc3n2)CC1. The molecule has 6 heteroatoms. The van der Waals surface area contributed by atoms with Crippen molar-refractivity contribution in [3.63, 3.8) is 0 Å². The molecule has 3 rings (SSSR count). The fourth-order valence-corrected chi connectivity index (χ4v) is 3.40. The first-order chi connectivity index (χ1) is 12.4. The zero-order valence-electron chi connectivity index (χ0n) is 16.1. The van der Waals surface area contributed by atoms with E-state index in [-0.39, 0.29) is 17.9 Å². The van der Waals surface area contributed by atoms with E-state index in [1.54, 1.807) is 0 Å². The molecule has 1 fully saturated rings. The molecule has 1 aromatic carbocycles. The summed E-state index contributed by atoms with van der Waals surface area (Å²) in [4.78, 5) is 23.3. The highest BCUT2D eigenvalue weighted by Crippen LogP contribution is 2.26. The summed E-state index contributed by atoms with van der Waals surface area (Å²) in [7, 11) is 4.00. The molecule has 1 amide bonds. The van der Waals surface area contributed by atoms with Gasteiger partial charge in [-0.25, -0.2) is 4.98 Å². The third-order valence-corrected chi connectivity index (χ3v) is 4.94. The number of hydrogen-bond acceptors (Lipinski definition) is 5. The Hall–Kier alpha value is -2.37. The van der Waals surface area contributed by atoms with Crippen LogP contribution in [0.3, 0.4) is 0 Å². The van der Waals surface area contributed by atoms with Crippen LogP contribution < -0.4 is 15.5 Å². The van der Waals surface area contributed by atoms with Crippen LogP contribution >= 0.6 is 0 Å². The minimum Gasteiger partial charge on any atom is -0.362 e. The zero-order valence-corrected chi connectivity index (χ0v) is 16.1. The minimum atomic E-state index is 0.0429. The topological polar surface area (TPSA) is 70.2 Å². The number of hydrogen-bond donors (Lipinski definition) is 2. The molecule has 0 radical (unpaired) electrons. The Morgan fingerprint density at radius 3 is 2.38 bits per heavy atom. The quantitative estimate of drug-likeness (QED) is 0.862. The Bertz CT molecular complexity index is 766. The van der Waals surface area contributed by atoms with Crippen LogP contribution in [0.4, 0.5) is 11.8 Å². The van der Waals surface area contributed by atoms with E-state index in [0.29, 0.717) is 12.0 Å². The molecule has 26 heavy (non-hydrogen) atoms. The number of nitrogens with zero attached hydrogens (tertiary/aromatic N) is 3. The smallest absolute Gasteiger partial charge is 0.225 e. The van der Waals surface area contributed by atoms with Gasteiger partial charge in [0.15, 0.2) is 0 Å². The largest absolute Gasteiger partial charge is 0.362 e. The Kier molecular flexibility index (Phi) is 5.59. The lowest BCUT2D eigenvalue weighted by Crippen LogP contribution is -2.41. The van der Waals surface area contributed by atoms with E-state index in [0.717, 1.165) is 42.4 Å². The lowest BCUT2D eigenvalue weighted by atomic mass is 9.91. The average molecular weight is 355 g/mol. The highest BCUT2D eigenvalue weighted by Gasteiger charge is 2.24. The predicted octanol–water partition coefficient (Wildman–Crippen LogP) is 3.19. The molecule has 1 aliphatic rings. The molecule has 6 nitrogen and oxygen atoms in total. The number of fused-ring (bicyclic) bond motifs is 1. The van der Waals surface area contributed by atoms with Gasteiger partial charge in [-0.3, -0.25) is 4.79 Å². The minimum absolute atomic E-state index is 0.0429. The number of rotatable bonds is 5. The maximum atomic E-state index is 11.9. The number of anilines is 2. The Morgan fingerprint density at radius 2 is 1.73 bits per heavy atom. The van der Waals surface area contributed by atoms with Gasteiger partial charge in [0.25, 0.3) is 0 Å². The van der Waals surface area contributed by atoms with Gasteiger partial charge in [0.05, 0.1) is 5.52 Å². The van der Waals surface area contributed by atoms with E-state index >= 15 is 0 Å². The number of carbonyl (C=O) groups excluding carboxylic acids is 1. The van der Waals surface area contributed by atoms with E-state index in [1.165, 1.54) is 0 Å². The molecule has 0 saturated heterocycles. The molecule has 140 valence electrons. The molecule has 0 spiro atoms. The van der Waals surface area contributed by atoms with Gasteiger partial charge in [0.1, 0.15) is 5.82 Å². The first kappa shape index (κ1) is 18.4. The van der Waals surface area contributed by atoms with Crippen molar-refractivity contribution in [2.75, 3.05) is 24.3 Å². The van der Waals surface area contributed by atoms with E-state index in [2.05, 4.69) is 21.7 Å². The van der Waals surface area contributed by atoms with E-state index in [4.69, 9.17) is 4.98 Å². The Labute approximate surface area is 155 Å². The normalized spacial score (nSPS) is 20.2. The van der Waals surface area contributed by atoms with Crippen LogP contribution in [-0.2, 0) is 4.79 Å². The highest BCUT2D eigenvalue weighted by atomic mass is 16.1. The second kappa shape index (κ2) is 7.89. The van der Waals surface area contributed by atoms with Crippen molar-refractivity contribution in [2.24, 2.45) is 5.92 Å². The van der Waals surface area contributed by atoms with Crippen LogP contribution in [0.1, 0.15) is 39.5 Å². The van der Waals surface area contributed by atoms with Crippen LogP contribution in [-0.4, -0.2) is 42.1 Å². The molecule has 1 saturated carbocycles. The maximum Gasteiger partial charge on any atom is 0.225 e. The second-order valence-electron chi connectivity index (χ2n) is 7.64. The number of carbonyl (C=O) groups is 1. The Morgan fingerprint density at radius 1 is 1.08 bits per heavy atom. The van der Waals surface area contributed by atoms with E-state index < -0.39 is 0 Å². The number of nitrogens with one attached hydrogen (secondary N) is 2. The van der Waals surface area contributed by atoms with Gasteiger partial charge in [-0.1, -0.05) is 26.0 Å². The molecule has 0 atom stereocenters. The fraction of sp³-hybridized carbons (Fsp3) is 0.550. The lowest BCUT2D eigenvalue weighted by Gasteiger charge is -2.30. The second-order valence-corrected chi connectivity index (χ2v) is 7.64. The summed E-state index contributed by atoms with van der Waals surface area (Å²) >= 11 is 0. The molecule has 1 aromatic heterocycles. The van der Waals surface area contributed by atoms with Gasteiger partial charge < -0.3 is 15.5 Å². The molecular weight excluding hydrogens is 326 g/mol.